The zero-order valence-electron chi connectivity index (χ0n) is 19.1. The number of pyridine rings is 1. The second-order valence-electron chi connectivity index (χ2n) is 9.35. The smallest absolute Gasteiger partial charge is 0.217 e. The number of rotatable bonds is 9. The standard InChI is InChI=1S/C27H38N2O2/c1-30-27-25(11-7-17-28-27)20-29-18-15-22(16-19-29)13-14-24-10-5-6-12-26(24)31-21-23-8-3-2-4-9-23/h5-7,10-12,17,22-23H,2-4,8-9,13-16,18-21H2,1H3. The predicted octanol–water partition coefficient (Wildman–Crippen LogP) is 5.89. The van der Waals surface area contributed by atoms with E-state index in [1.165, 1.54) is 62.5 Å². The van der Waals surface area contributed by atoms with Crippen molar-refractivity contribution in [3.05, 3.63) is 53.7 Å². The molecule has 1 aliphatic carbocycles. The first kappa shape index (κ1) is 22.1. The van der Waals surface area contributed by atoms with Gasteiger partial charge in [0.15, 0.2) is 0 Å². The summed E-state index contributed by atoms with van der Waals surface area (Å²) in [5.74, 6) is 3.44. The van der Waals surface area contributed by atoms with Crippen LogP contribution in [0.1, 0.15) is 62.5 Å². The Bertz CT molecular complexity index is 795. The number of hydrogen-bond acceptors (Lipinski definition) is 4. The van der Waals surface area contributed by atoms with Crippen molar-refractivity contribution in [1.82, 2.24) is 9.88 Å². The largest absolute Gasteiger partial charge is 0.493 e. The van der Waals surface area contributed by atoms with E-state index in [1.807, 2.05) is 6.07 Å². The van der Waals surface area contributed by atoms with Crippen LogP contribution in [0.3, 0.4) is 0 Å². The highest BCUT2D eigenvalue weighted by atomic mass is 16.5. The second kappa shape index (κ2) is 11.5. The van der Waals surface area contributed by atoms with Gasteiger partial charge in [0.1, 0.15) is 5.75 Å². The van der Waals surface area contributed by atoms with Gasteiger partial charge in [0.2, 0.25) is 5.88 Å². The highest BCUT2D eigenvalue weighted by Gasteiger charge is 2.21. The van der Waals surface area contributed by atoms with Crippen molar-refractivity contribution >= 4 is 0 Å². The zero-order chi connectivity index (χ0) is 21.3. The molecular formula is C27H38N2O2. The Morgan fingerprint density at radius 2 is 1.68 bits per heavy atom. The summed E-state index contributed by atoms with van der Waals surface area (Å²) in [6.07, 6.45) is 13.6. The van der Waals surface area contributed by atoms with Crippen molar-refractivity contribution in [1.29, 1.82) is 0 Å². The first-order valence-electron chi connectivity index (χ1n) is 12.2. The number of aryl methyl sites for hydroxylation is 1. The van der Waals surface area contributed by atoms with E-state index in [0.29, 0.717) is 0 Å². The summed E-state index contributed by atoms with van der Waals surface area (Å²) in [7, 11) is 1.70. The monoisotopic (exact) mass is 422 g/mol. The summed E-state index contributed by atoms with van der Waals surface area (Å²) in [4.78, 5) is 6.87. The van der Waals surface area contributed by atoms with Crippen LogP contribution < -0.4 is 9.47 Å². The molecule has 0 atom stereocenters. The summed E-state index contributed by atoms with van der Waals surface area (Å²) in [5.41, 5.74) is 2.58. The third-order valence-corrected chi connectivity index (χ3v) is 7.14. The zero-order valence-corrected chi connectivity index (χ0v) is 19.1. The summed E-state index contributed by atoms with van der Waals surface area (Å²) >= 11 is 0. The maximum Gasteiger partial charge on any atom is 0.217 e. The average molecular weight is 423 g/mol. The number of ether oxygens (including phenoxy) is 2. The van der Waals surface area contributed by atoms with Crippen LogP contribution in [0.2, 0.25) is 0 Å². The van der Waals surface area contributed by atoms with Gasteiger partial charge < -0.3 is 9.47 Å². The number of methoxy groups -OCH3 is 1. The van der Waals surface area contributed by atoms with Crippen molar-refractivity contribution in [2.24, 2.45) is 11.8 Å². The number of para-hydroxylation sites is 1. The SMILES string of the molecule is COc1ncccc1CN1CCC(CCc2ccccc2OCC2CCCCC2)CC1. The Morgan fingerprint density at radius 1 is 0.903 bits per heavy atom. The molecule has 0 unspecified atom stereocenters. The van der Waals surface area contributed by atoms with Crippen LogP contribution >= 0.6 is 0 Å². The molecular weight excluding hydrogens is 384 g/mol. The Labute approximate surface area is 188 Å². The molecule has 4 heteroatoms. The fourth-order valence-electron chi connectivity index (χ4n) is 5.17. The summed E-state index contributed by atoms with van der Waals surface area (Å²) in [5, 5.41) is 0. The molecule has 1 aromatic carbocycles. The minimum Gasteiger partial charge on any atom is -0.493 e. The fourth-order valence-corrected chi connectivity index (χ4v) is 5.17. The van der Waals surface area contributed by atoms with E-state index in [4.69, 9.17) is 9.47 Å². The second-order valence-corrected chi connectivity index (χ2v) is 9.35. The number of piperidine rings is 1. The van der Waals surface area contributed by atoms with Gasteiger partial charge in [-0.1, -0.05) is 43.5 Å². The van der Waals surface area contributed by atoms with E-state index < -0.39 is 0 Å². The lowest BCUT2D eigenvalue weighted by Gasteiger charge is -2.32. The molecule has 0 bridgehead atoms. The Balaban J connectivity index is 1.22. The van der Waals surface area contributed by atoms with Crippen LogP contribution in [0.15, 0.2) is 42.6 Å². The Hall–Kier alpha value is -2.07. The summed E-state index contributed by atoms with van der Waals surface area (Å²) in [6, 6.07) is 12.8. The molecule has 2 aromatic rings. The van der Waals surface area contributed by atoms with Crippen LogP contribution in [0, 0.1) is 11.8 Å². The average Bonchev–Trinajstić information content (AvgIpc) is 2.84. The van der Waals surface area contributed by atoms with Gasteiger partial charge in [0, 0.05) is 18.3 Å². The Kier molecular flexibility index (Phi) is 8.23. The maximum atomic E-state index is 6.30. The molecule has 2 aliphatic rings. The maximum absolute atomic E-state index is 6.30. The van der Waals surface area contributed by atoms with Gasteiger partial charge in [0.05, 0.1) is 13.7 Å². The normalized spacial score (nSPS) is 18.7. The molecule has 168 valence electrons. The molecule has 1 aromatic heterocycles. The van der Waals surface area contributed by atoms with Crippen LogP contribution in [0.5, 0.6) is 11.6 Å². The third-order valence-electron chi connectivity index (χ3n) is 7.14. The molecule has 1 saturated carbocycles. The molecule has 0 N–H and O–H groups in total. The van der Waals surface area contributed by atoms with E-state index in [1.54, 1.807) is 13.3 Å². The van der Waals surface area contributed by atoms with Gasteiger partial charge >= 0.3 is 0 Å². The van der Waals surface area contributed by atoms with Crippen LogP contribution in [-0.2, 0) is 13.0 Å². The molecule has 2 fully saturated rings. The molecule has 0 radical (unpaired) electrons. The molecule has 2 heterocycles. The highest BCUT2D eigenvalue weighted by molar-refractivity contribution is 5.33. The number of hydrogen-bond donors (Lipinski definition) is 0. The number of nitrogens with zero attached hydrogens (tertiary/aromatic N) is 2. The Morgan fingerprint density at radius 3 is 2.48 bits per heavy atom. The van der Waals surface area contributed by atoms with Gasteiger partial charge in [-0.2, -0.15) is 0 Å². The molecule has 1 aliphatic heterocycles. The lowest BCUT2D eigenvalue weighted by atomic mass is 9.89. The van der Waals surface area contributed by atoms with Gasteiger partial charge in [0.25, 0.3) is 0 Å². The van der Waals surface area contributed by atoms with E-state index >= 15 is 0 Å². The summed E-state index contributed by atoms with van der Waals surface area (Å²) < 4.78 is 11.7. The summed E-state index contributed by atoms with van der Waals surface area (Å²) in [6.45, 7) is 4.14. The predicted molar refractivity (Wildman–Crippen MR) is 126 cm³/mol. The molecule has 1 saturated heterocycles. The van der Waals surface area contributed by atoms with Crippen LogP contribution in [0.4, 0.5) is 0 Å². The number of likely N-dealkylation sites (tertiary alicyclic amines) is 1. The van der Waals surface area contributed by atoms with E-state index in [9.17, 15) is 0 Å². The van der Waals surface area contributed by atoms with Crippen LogP contribution in [0.25, 0.3) is 0 Å². The van der Waals surface area contributed by atoms with Crippen LogP contribution in [-0.4, -0.2) is 36.7 Å². The van der Waals surface area contributed by atoms with E-state index in [2.05, 4.69) is 40.2 Å². The molecule has 4 nitrogen and oxygen atoms in total. The van der Waals surface area contributed by atoms with Gasteiger partial charge in [-0.25, -0.2) is 4.98 Å². The first-order valence-corrected chi connectivity index (χ1v) is 12.2. The quantitative estimate of drug-likeness (QED) is 0.504. The van der Waals surface area contributed by atoms with E-state index in [-0.39, 0.29) is 0 Å². The van der Waals surface area contributed by atoms with E-state index in [0.717, 1.165) is 56.1 Å². The van der Waals surface area contributed by atoms with Crippen molar-refractivity contribution < 1.29 is 9.47 Å². The van der Waals surface area contributed by atoms with Gasteiger partial charge in [-0.15, -0.1) is 0 Å². The molecule has 31 heavy (non-hydrogen) atoms. The lowest BCUT2D eigenvalue weighted by molar-refractivity contribution is 0.170. The molecule has 0 amide bonds. The minimum absolute atomic E-state index is 0.754. The van der Waals surface area contributed by atoms with Crippen molar-refractivity contribution in [3.8, 4) is 11.6 Å². The highest BCUT2D eigenvalue weighted by Crippen LogP contribution is 2.29. The molecule has 4 rings (SSSR count). The number of aromatic nitrogens is 1. The van der Waals surface area contributed by atoms with Gasteiger partial charge in [-0.3, -0.25) is 4.90 Å². The first-order chi connectivity index (χ1) is 15.3. The van der Waals surface area contributed by atoms with Crippen molar-refractivity contribution in [2.75, 3.05) is 26.8 Å². The van der Waals surface area contributed by atoms with Crippen molar-refractivity contribution in [3.63, 3.8) is 0 Å². The minimum atomic E-state index is 0.754. The molecule has 0 spiro atoms. The fraction of sp³-hybridized carbons (Fsp3) is 0.593. The van der Waals surface area contributed by atoms with Crippen molar-refractivity contribution in [2.45, 2.75) is 64.3 Å². The topological polar surface area (TPSA) is 34.6 Å². The number of benzene rings is 1. The third kappa shape index (κ3) is 6.46. The lowest BCUT2D eigenvalue weighted by Crippen LogP contribution is -2.33. The van der Waals surface area contributed by atoms with Gasteiger partial charge in [-0.05, 0) is 81.1 Å².